The van der Waals surface area contributed by atoms with Gasteiger partial charge in [-0.1, -0.05) is 24.0 Å². The van der Waals surface area contributed by atoms with Crippen LogP contribution in [-0.4, -0.2) is 14.5 Å². The summed E-state index contributed by atoms with van der Waals surface area (Å²) in [5, 5.41) is 0. The molecule has 1 saturated carbocycles. The van der Waals surface area contributed by atoms with Gasteiger partial charge in [-0.25, -0.2) is 9.97 Å². The number of nitrogens with zero attached hydrogens (tertiary/aromatic N) is 3. The Bertz CT molecular complexity index is 1150. The highest BCUT2D eigenvalue weighted by atomic mass is 16.5. The Morgan fingerprint density at radius 1 is 1.17 bits per heavy atom. The lowest BCUT2D eigenvalue weighted by molar-refractivity contribution is 0.291. The van der Waals surface area contributed by atoms with Gasteiger partial charge in [0.15, 0.2) is 5.82 Å². The first-order valence-corrected chi connectivity index (χ1v) is 10.3. The molecule has 5 nitrogen and oxygen atoms in total. The molecule has 0 amide bonds. The van der Waals surface area contributed by atoms with E-state index in [4.69, 9.17) is 4.74 Å². The SMILES string of the molecule is Cc1c(OCc2ncccn2)cc(=O)n([C@H](C)c2ccc(C#CC3CC3)cc2)c1C. The fourth-order valence-corrected chi connectivity index (χ4v) is 3.40. The van der Waals surface area contributed by atoms with Gasteiger partial charge in [0.2, 0.25) is 0 Å². The van der Waals surface area contributed by atoms with Crippen molar-refractivity contribution in [3.05, 3.63) is 87.4 Å². The Morgan fingerprint density at radius 3 is 2.53 bits per heavy atom. The summed E-state index contributed by atoms with van der Waals surface area (Å²) in [6.45, 7) is 6.19. The molecule has 0 saturated heterocycles. The minimum absolute atomic E-state index is 0.0897. The smallest absolute Gasteiger partial charge is 0.255 e. The third-order valence-electron chi connectivity index (χ3n) is 5.52. The third-order valence-corrected chi connectivity index (χ3v) is 5.52. The van der Waals surface area contributed by atoms with Crippen LogP contribution >= 0.6 is 0 Å². The first-order valence-electron chi connectivity index (χ1n) is 10.3. The van der Waals surface area contributed by atoms with Gasteiger partial charge < -0.3 is 9.30 Å². The van der Waals surface area contributed by atoms with Crippen molar-refractivity contribution >= 4 is 0 Å². The quantitative estimate of drug-likeness (QED) is 0.603. The Hall–Kier alpha value is -3.39. The Labute approximate surface area is 176 Å². The van der Waals surface area contributed by atoms with E-state index in [1.807, 2.05) is 37.5 Å². The molecule has 1 aromatic carbocycles. The van der Waals surface area contributed by atoms with Crippen LogP contribution in [0.25, 0.3) is 0 Å². The molecule has 152 valence electrons. The fourth-order valence-electron chi connectivity index (χ4n) is 3.40. The number of ether oxygens (including phenoxy) is 1. The zero-order valence-corrected chi connectivity index (χ0v) is 17.6. The van der Waals surface area contributed by atoms with Crippen molar-refractivity contribution in [2.45, 2.75) is 46.3 Å². The van der Waals surface area contributed by atoms with Crippen LogP contribution in [0, 0.1) is 31.6 Å². The molecule has 4 rings (SSSR count). The number of hydrogen-bond donors (Lipinski definition) is 0. The molecular weight excluding hydrogens is 374 g/mol. The maximum atomic E-state index is 12.9. The maximum Gasteiger partial charge on any atom is 0.255 e. The Morgan fingerprint density at radius 2 is 1.87 bits per heavy atom. The molecule has 0 radical (unpaired) electrons. The molecule has 1 atom stereocenters. The molecule has 5 heteroatoms. The number of pyridine rings is 1. The third kappa shape index (κ3) is 4.44. The van der Waals surface area contributed by atoms with Crippen LogP contribution in [0.15, 0.2) is 53.6 Å². The summed E-state index contributed by atoms with van der Waals surface area (Å²) in [6.07, 6.45) is 5.79. The zero-order chi connectivity index (χ0) is 21.1. The molecule has 1 fully saturated rings. The predicted octanol–water partition coefficient (Wildman–Crippen LogP) is 4.20. The first-order chi connectivity index (χ1) is 14.5. The van der Waals surface area contributed by atoms with E-state index in [0.29, 0.717) is 17.5 Å². The maximum absolute atomic E-state index is 12.9. The molecule has 2 aromatic heterocycles. The van der Waals surface area contributed by atoms with Crippen LogP contribution in [0.2, 0.25) is 0 Å². The minimum atomic E-state index is -0.0906. The van der Waals surface area contributed by atoms with Gasteiger partial charge in [-0.2, -0.15) is 0 Å². The number of aromatic nitrogens is 3. The largest absolute Gasteiger partial charge is 0.485 e. The van der Waals surface area contributed by atoms with Crippen LogP contribution in [-0.2, 0) is 6.61 Å². The summed E-state index contributed by atoms with van der Waals surface area (Å²) in [6, 6.07) is 11.4. The zero-order valence-electron chi connectivity index (χ0n) is 17.6. The standard InChI is InChI=1S/C25H25N3O2/c1-17-18(2)28(25(29)15-23(17)30-16-24-26-13-4-14-27-24)19(3)22-11-9-21(10-12-22)8-7-20-5-6-20/h4,9-15,19-20H,5-6,16H2,1-3H3/t19-/m1/s1. The average Bonchev–Trinajstić information content (AvgIpc) is 3.59. The average molecular weight is 399 g/mol. The van der Waals surface area contributed by atoms with Crippen LogP contribution in [0.5, 0.6) is 5.75 Å². The number of benzene rings is 1. The van der Waals surface area contributed by atoms with E-state index in [1.54, 1.807) is 24.5 Å². The molecule has 0 unspecified atom stereocenters. The lowest BCUT2D eigenvalue weighted by atomic mass is 10.0. The van der Waals surface area contributed by atoms with Crippen molar-refractivity contribution in [1.29, 1.82) is 0 Å². The van der Waals surface area contributed by atoms with Crippen molar-refractivity contribution in [3.63, 3.8) is 0 Å². The fraction of sp³-hybridized carbons (Fsp3) is 0.320. The Balaban J connectivity index is 1.55. The van der Waals surface area contributed by atoms with Gasteiger partial charge >= 0.3 is 0 Å². The molecule has 1 aliphatic rings. The highest BCUT2D eigenvalue weighted by Crippen LogP contribution is 2.28. The van der Waals surface area contributed by atoms with Gasteiger partial charge in [-0.3, -0.25) is 4.79 Å². The minimum Gasteiger partial charge on any atom is -0.485 e. The molecular formula is C25H25N3O2. The van der Waals surface area contributed by atoms with E-state index < -0.39 is 0 Å². The number of hydrogen-bond acceptors (Lipinski definition) is 4. The van der Waals surface area contributed by atoms with E-state index >= 15 is 0 Å². The Kier molecular flexibility index (Phi) is 5.67. The summed E-state index contributed by atoms with van der Waals surface area (Å²) in [5.41, 5.74) is 3.82. The van der Waals surface area contributed by atoms with Crippen molar-refractivity contribution < 1.29 is 4.74 Å². The van der Waals surface area contributed by atoms with Crippen molar-refractivity contribution in [2.24, 2.45) is 5.92 Å². The highest BCUT2D eigenvalue weighted by Gasteiger charge is 2.18. The molecule has 2 heterocycles. The van der Waals surface area contributed by atoms with E-state index in [-0.39, 0.29) is 18.2 Å². The van der Waals surface area contributed by atoms with Gasteiger partial charge in [0, 0.05) is 41.2 Å². The summed E-state index contributed by atoms with van der Waals surface area (Å²) < 4.78 is 7.65. The normalized spacial score (nSPS) is 14.0. The van der Waals surface area contributed by atoms with Crippen LogP contribution in [0.3, 0.4) is 0 Å². The summed E-state index contributed by atoms with van der Waals surface area (Å²) in [7, 11) is 0. The van der Waals surface area contributed by atoms with Crippen LogP contribution in [0.1, 0.15) is 54.0 Å². The van der Waals surface area contributed by atoms with Gasteiger partial charge in [-0.05, 0) is 57.4 Å². The van der Waals surface area contributed by atoms with E-state index in [2.05, 4.69) is 33.9 Å². The molecule has 0 bridgehead atoms. The summed E-state index contributed by atoms with van der Waals surface area (Å²) >= 11 is 0. The van der Waals surface area contributed by atoms with Crippen molar-refractivity contribution in [2.75, 3.05) is 0 Å². The lowest BCUT2D eigenvalue weighted by Gasteiger charge is -2.21. The molecule has 3 aromatic rings. The van der Waals surface area contributed by atoms with Gasteiger partial charge in [0.25, 0.3) is 5.56 Å². The van der Waals surface area contributed by atoms with Crippen molar-refractivity contribution in [3.8, 4) is 17.6 Å². The van der Waals surface area contributed by atoms with Crippen LogP contribution < -0.4 is 10.3 Å². The molecule has 0 spiro atoms. The topological polar surface area (TPSA) is 57.0 Å². The second kappa shape index (κ2) is 8.54. The summed E-state index contributed by atoms with van der Waals surface area (Å²) in [4.78, 5) is 21.2. The van der Waals surface area contributed by atoms with Crippen molar-refractivity contribution in [1.82, 2.24) is 14.5 Å². The predicted molar refractivity (Wildman–Crippen MR) is 116 cm³/mol. The van der Waals surface area contributed by atoms with E-state index in [1.165, 1.54) is 12.8 Å². The van der Waals surface area contributed by atoms with Gasteiger partial charge in [0.05, 0.1) is 6.04 Å². The lowest BCUT2D eigenvalue weighted by Crippen LogP contribution is -2.26. The molecule has 0 aliphatic heterocycles. The molecule has 0 N–H and O–H groups in total. The summed E-state index contributed by atoms with van der Waals surface area (Å²) in [5.74, 6) is 8.25. The first kappa shape index (κ1) is 19.9. The van der Waals surface area contributed by atoms with Gasteiger partial charge in [-0.15, -0.1) is 0 Å². The highest BCUT2D eigenvalue weighted by molar-refractivity contribution is 5.39. The van der Waals surface area contributed by atoms with Gasteiger partial charge in [0.1, 0.15) is 12.4 Å². The molecule has 30 heavy (non-hydrogen) atoms. The second-order valence-electron chi connectivity index (χ2n) is 7.72. The molecule has 1 aliphatic carbocycles. The second-order valence-corrected chi connectivity index (χ2v) is 7.72. The van der Waals surface area contributed by atoms with E-state index in [0.717, 1.165) is 22.4 Å². The van der Waals surface area contributed by atoms with E-state index in [9.17, 15) is 4.79 Å². The number of rotatable bonds is 5. The monoisotopic (exact) mass is 399 g/mol. The van der Waals surface area contributed by atoms with Crippen LogP contribution in [0.4, 0.5) is 0 Å².